The quantitative estimate of drug-likeness (QED) is 0.827. The summed E-state index contributed by atoms with van der Waals surface area (Å²) in [7, 11) is 0. The van der Waals surface area contributed by atoms with Gasteiger partial charge in [0, 0.05) is 18.2 Å². The smallest absolute Gasteiger partial charge is 0.152 e. The van der Waals surface area contributed by atoms with Crippen molar-refractivity contribution in [2.75, 3.05) is 5.32 Å². The highest BCUT2D eigenvalue weighted by Crippen LogP contribution is 2.65. The number of halogens is 3. The average Bonchev–Trinajstić information content (AvgIpc) is 2.66. The minimum atomic E-state index is -0.884. The van der Waals surface area contributed by atoms with Crippen molar-refractivity contribution < 1.29 is 13.2 Å². The van der Waals surface area contributed by atoms with Crippen LogP contribution in [0.25, 0.3) is 0 Å². The van der Waals surface area contributed by atoms with Crippen LogP contribution in [0.15, 0.2) is 12.1 Å². The molecule has 1 nitrogen and oxygen atoms in total. The van der Waals surface area contributed by atoms with Gasteiger partial charge in [0.25, 0.3) is 0 Å². The molecule has 3 atom stereocenters. The van der Waals surface area contributed by atoms with Crippen LogP contribution >= 0.6 is 0 Å². The van der Waals surface area contributed by atoms with Crippen LogP contribution in [0.1, 0.15) is 40.0 Å². The minimum Gasteiger partial charge on any atom is -0.377 e. The van der Waals surface area contributed by atoms with Crippen LogP contribution in [-0.2, 0) is 0 Å². The topological polar surface area (TPSA) is 12.0 Å². The van der Waals surface area contributed by atoms with E-state index in [0.717, 1.165) is 25.0 Å². The Balaban J connectivity index is 1.91. The fourth-order valence-electron chi connectivity index (χ4n) is 4.28. The normalized spacial score (nSPS) is 34.5. The molecule has 0 aromatic heterocycles. The monoisotopic (exact) mass is 283 g/mol. The van der Waals surface area contributed by atoms with Crippen LogP contribution in [0.4, 0.5) is 18.9 Å². The van der Waals surface area contributed by atoms with Gasteiger partial charge in [-0.3, -0.25) is 0 Å². The SMILES string of the molecule is CC1(C)C2CCC1(C)C(Nc1c(F)cc(F)cc1F)C2. The van der Waals surface area contributed by atoms with E-state index in [2.05, 4.69) is 26.1 Å². The maximum atomic E-state index is 13.8. The van der Waals surface area contributed by atoms with Gasteiger partial charge in [0.1, 0.15) is 11.5 Å². The molecule has 2 aliphatic carbocycles. The molecular weight excluding hydrogens is 263 g/mol. The predicted molar refractivity (Wildman–Crippen MR) is 73.0 cm³/mol. The van der Waals surface area contributed by atoms with E-state index in [-0.39, 0.29) is 22.6 Å². The van der Waals surface area contributed by atoms with Crippen molar-refractivity contribution in [3.63, 3.8) is 0 Å². The summed E-state index contributed by atoms with van der Waals surface area (Å²) in [6.07, 6.45) is 3.16. The highest BCUT2D eigenvalue weighted by Gasteiger charge is 2.61. The zero-order valence-electron chi connectivity index (χ0n) is 12.1. The number of anilines is 1. The summed E-state index contributed by atoms with van der Waals surface area (Å²) in [6, 6.07) is 1.49. The van der Waals surface area contributed by atoms with E-state index < -0.39 is 17.5 Å². The zero-order valence-corrected chi connectivity index (χ0v) is 12.1. The summed E-state index contributed by atoms with van der Waals surface area (Å²) in [6.45, 7) is 6.67. The van der Waals surface area contributed by atoms with Crippen molar-refractivity contribution in [2.45, 2.75) is 46.1 Å². The van der Waals surface area contributed by atoms with E-state index in [1.807, 2.05) is 0 Å². The van der Waals surface area contributed by atoms with E-state index in [1.165, 1.54) is 6.42 Å². The molecule has 2 bridgehead atoms. The Morgan fingerprint density at radius 3 is 2.15 bits per heavy atom. The molecule has 0 saturated heterocycles. The molecular formula is C16H20F3N. The molecule has 1 aromatic carbocycles. The van der Waals surface area contributed by atoms with E-state index in [9.17, 15) is 13.2 Å². The summed E-state index contributed by atoms with van der Waals surface area (Å²) in [5.41, 5.74) is -0.0104. The molecule has 1 N–H and O–H groups in total. The first-order valence-electron chi connectivity index (χ1n) is 7.17. The second kappa shape index (κ2) is 4.15. The maximum absolute atomic E-state index is 13.8. The molecule has 2 saturated carbocycles. The Kier molecular flexibility index (Phi) is 2.86. The lowest BCUT2D eigenvalue weighted by molar-refractivity contribution is 0.142. The van der Waals surface area contributed by atoms with Gasteiger partial charge < -0.3 is 5.32 Å². The zero-order chi connectivity index (χ0) is 14.7. The molecule has 3 unspecified atom stereocenters. The van der Waals surface area contributed by atoms with Gasteiger partial charge in [-0.25, -0.2) is 13.2 Å². The summed E-state index contributed by atoms with van der Waals surface area (Å²) in [4.78, 5) is 0. The van der Waals surface area contributed by atoms with Crippen LogP contribution < -0.4 is 5.32 Å². The third-order valence-electron chi connectivity index (χ3n) is 6.12. The summed E-state index contributed by atoms with van der Waals surface area (Å²) in [5, 5.41) is 3.02. The van der Waals surface area contributed by atoms with Gasteiger partial charge in [-0.1, -0.05) is 20.8 Å². The number of nitrogens with one attached hydrogen (secondary N) is 1. The molecule has 3 rings (SSSR count). The second-order valence-electron chi connectivity index (χ2n) is 7.05. The number of benzene rings is 1. The van der Waals surface area contributed by atoms with Crippen molar-refractivity contribution >= 4 is 5.69 Å². The highest BCUT2D eigenvalue weighted by molar-refractivity contribution is 5.48. The first kappa shape index (κ1) is 13.8. The van der Waals surface area contributed by atoms with E-state index in [1.54, 1.807) is 0 Å². The lowest BCUT2D eigenvalue weighted by atomic mass is 9.69. The molecule has 0 radical (unpaired) electrons. The van der Waals surface area contributed by atoms with Crippen LogP contribution in [0.3, 0.4) is 0 Å². The van der Waals surface area contributed by atoms with Gasteiger partial charge in [0.2, 0.25) is 0 Å². The lowest BCUT2D eigenvalue weighted by Gasteiger charge is -2.40. The summed E-state index contributed by atoms with van der Waals surface area (Å²) < 4.78 is 40.5. The van der Waals surface area contributed by atoms with Crippen molar-refractivity contribution in [3.8, 4) is 0 Å². The Morgan fingerprint density at radius 1 is 1.10 bits per heavy atom. The first-order chi connectivity index (χ1) is 9.25. The minimum absolute atomic E-state index is 0.0188. The fourth-order valence-corrected chi connectivity index (χ4v) is 4.28. The number of rotatable bonds is 2. The first-order valence-corrected chi connectivity index (χ1v) is 7.17. The van der Waals surface area contributed by atoms with Gasteiger partial charge >= 0.3 is 0 Å². The third kappa shape index (κ3) is 1.69. The standard InChI is InChI=1S/C16H20F3N/c1-15(2)9-4-5-16(15,3)13(6-9)20-14-11(18)7-10(17)8-12(14)19/h7-9,13,20H,4-6H2,1-3H3. The molecule has 0 spiro atoms. The van der Waals surface area contributed by atoms with Crippen molar-refractivity contribution in [2.24, 2.45) is 16.7 Å². The molecule has 2 aliphatic rings. The summed E-state index contributed by atoms with van der Waals surface area (Å²) in [5.74, 6) is -2.01. The van der Waals surface area contributed by atoms with E-state index >= 15 is 0 Å². The van der Waals surface area contributed by atoms with Crippen molar-refractivity contribution in [3.05, 3.63) is 29.6 Å². The fraction of sp³-hybridized carbons (Fsp3) is 0.625. The van der Waals surface area contributed by atoms with Crippen LogP contribution in [-0.4, -0.2) is 6.04 Å². The molecule has 110 valence electrons. The van der Waals surface area contributed by atoms with Gasteiger partial charge in [0.05, 0.1) is 0 Å². The van der Waals surface area contributed by atoms with Crippen molar-refractivity contribution in [1.82, 2.24) is 0 Å². The summed E-state index contributed by atoms with van der Waals surface area (Å²) >= 11 is 0. The Morgan fingerprint density at radius 2 is 1.70 bits per heavy atom. The number of fused-ring (bicyclic) bond motifs is 2. The third-order valence-corrected chi connectivity index (χ3v) is 6.12. The number of hydrogen-bond donors (Lipinski definition) is 1. The van der Waals surface area contributed by atoms with Gasteiger partial charge in [-0.2, -0.15) is 0 Å². The number of hydrogen-bond acceptors (Lipinski definition) is 1. The molecule has 0 aliphatic heterocycles. The molecule has 0 heterocycles. The molecule has 4 heteroatoms. The van der Waals surface area contributed by atoms with Gasteiger partial charge in [0.15, 0.2) is 11.6 Å². The Labute approximate surface area is 117 Å². The van der Waals surface area contributed by atoms with E-state index in [0.29, 0.717) is 5.92 Å². The maximum Gasteiger partial charge on any atom is 0.152 e. The van der Waals surface area contributed by atoms with Crippen LogP contribution in [0, 0.1) is 34.2 Å². The van der Waals surface area contributed by atoms with Gasteiger partial charge in [-0.15, -0.1) is 0 Å². The van der Waals surface area contributed by atoms with Crippen molar-refractivity contribution in [1.29, 1.82) is 0 Å². The predicted octanol–water partition coefficient (Wildman–Crippen LogP) is 4.73. The molecule has 20 heavy (non-hydrogen) atoms. The van der Waals surface area contributed by atoms with Gasteiger partial charge in [-0.05, 0) is 36.0 Å². The van der Waals surface area contributed by atoms with Crippen LogP contribution in [0.5, 0.6) is 0 Å². The highest BCUT2D eigenvalue weighted by atomic mass is 19.1. The molecule has 0 amide bonds. The average molecular weight is 283 g/mol. The van der Waals surface area contributed by atoms with E-state index in [4.69, 9.17) is 0 Å². The lowest BCUT2D eigenvalue weighted by Crippen LogP contribution is -2.40. The molecule has 2 fully saturated rings. The Bertz CT molecular complexity index is 532. The molecule has 1 aromatic rings. The largest absolute Gasteiger partial charge is 0.377 e. The van der Waals surface area contributed by atoms with Crippen LogP contribution in [0.2, 0.25) is 0 Å². The Hall–Kier alpha value is -1.19. The second-order valence-corrected chi connectivity index (χ2v) is 7.05.